The first-order valence-electron chi connectivity index (χ1n) is 7.61. The average Bonchev–Trinajstić information content (AvgIpc) is 2.94. The molecular formula is C18H22N2O4. The summed E-state index contributed by atoms with van der Waals surface area (Å²) in [5.74, 6) is -0.881. The van der Waals surface area contributed by atoms with Gasteiger partial charge in [-0.05, 0) is 23.8 Å². The minimum Gasteiger partial charge on any atom is -0.465 e. The van der Waals surface area contributed by atoms with Crippen molar-refractivity contribution >= 4 is 11.9 Å². The number of rotatable bonds is 4. The van der Waals surface area contributed by atoms with Gasteiger partial charge in [-0.15, -0.1) is 0 Å². The Bertz CT molecular complexity index is 757. The molecule has 2 rings (SSSR count). The van der Waals surface area contributed by atoms with E-state index in [1.165, 1.54) is 11.8 Å². The molecule has 0 aliphatic heterocycles. The lowest BCUT2D eigenvalue weighted by molar-refractivity contribution is 0.0460. The van der Waals surface area contributed by atoms with Gasteiger partial charge in [0.05, 0.1) is 18.4 Å². The van der Waals surface area contributed by atoms with E-state index in [-0.39, 0.29) is 12.0 Å². The number of aryl methyl sites for hydroxylation is 1. The number of nitrogens with zero attached hydrogens (tertiary/aromatic N) is 2. The lowest BCUT2D eigenvalue weighted by atomic mass is 9.92. The Morgan fingerprint density at radius 3 is 2.46 bits per heavy atom. The molecule has 1 aromatic carbocycles. The highest BCUT2D eigenvalue weighted by Crippen LogP contribution is 2.21. The van der Waals surface area contributed by atoms with Crippen molar-refractivity contribution in [3.05, 3.63) is 52.8 Å². The summed E-state index contributed by atoms with van der Waals surface area (Å²) in [7, 11) is 3.04. The topological polar surface area (TPSA) is 70.4 Å². The standard InChI is InChI=1S/C18H22N2O4/c1-18(2,3)15-10-14(20(4)19-15)17(22)24-11-12-7-6-8-13(9-12)16(21)23-5/h6-10H,11H2,1-5H3. The summed E-state index contributed by atoms with van der Waals surface area (Å²) in [5, 5.41) is 4.36. The zero-order valence-corrected chi connectivity index (χ0v) is 14.6. The second kappa shape index (κ2) is 6.86. The molecule has 0 amide bonds. The molecule has 0 fully saturated rings. The summed E-state index contributed by atoms with van der Waals surface area (Å²) < 4.78 is 11.5. The van der Waals surface area contributed by atoms with Gasteiger partial charge in [-0.2, -0.15) is 5.10 Å². The summed E-state index contributed by atoms with van der Waals surface area (Å²) >= 11 is 0. The van der Waals surface area contributed by atoms with Crippen LogP contribution in [0, 0.1) is 0 Å². The van der Waals surface area contributed by atoms with E-state index >= 15 is 0 Å². The van der Waals surface area contributed by atoms with Gasteiger partial charge in [0.1, 0.15) is 12.3 Å². The predicted molar refractivity (Wildman–Crippen MR) is 88.8 cm³/mol. The predicted octanol–water partition coefficient (Wildman–Crippen LogP) is 2.86. The molecule has 24 heavy (non-hydrogen) atoms. The minimum atomic E-state index is -0.455. The Kier molecular flexibility index (Phi) is 5.07. The van der Waals surface area contributed by atoms with Crippen LogP contribution in [0.5, 0.6) is 0 Å². The molecule has 0 radical (unpaired) electrons. The molecule has 0 saturated heterocycles. The summed E-state index contributed by atoms with van der Waals surface area (Å²) in [4.78, 5) is 23.8. The van der Waals surface area contributed by atoms with Gasteiger partial charge in [0.2, 0.25) is 0 Å². The van der Waals surface area contributed by atoms with Crippen LogP contribution in [0.25, 0.3) is 0 Å². The summed E-state index contributed by atoms with van der Waals surface area (Å²) in [6, 6.07) is 8.53. The first kappa shape index (κ1) is 17.7. The van der Waals surface area contributed by atoms with Crippen LogP contribution >= 0.6 is 0 Å². The maximum atomic E-state index is 12.3. The fourth-order valence-corrected chi connectivity index (χ4v) is 2.15. The van der Waals surface area contributed by atoms with Crippen molar-refractivity contribution in [3.63, 3.8) is 0 Å². The molecule has 128 valence electrons. The number of ether oxygens (including phenoxy) is 2. The van der Waals surface area contributed by atoms with E-state index in [2.05, 4.69) is 9.84 Å². The first-order valence-corrected chi connectivity index (χ1v) is 7.61. The molecule has 0 N–H and O–H groups in total. The Balaban J connectivity index is 2.09. The van der Waals surface area contributed by atoms with Crippen LogP contribution in [-0.2, 0) is 28.5 Å². The molecule has 0 aliphatic carbocycles. The van der Waals surface area contributed by atoms with Crippen LogP contribution in [0.15, 0.2) is 30.3 Å². The summed E-state index contributed by atoms with van der Waals surface area (Å²) in [5.41, 5.74) is 2.20. The second-order valence-electron chi connectivity index (χ2n) is 6.56. The third-order valence-electron chi connectivity index (χ3n) is 3.58. The van der Waals surface area contributed by atoms with Crippen molar-refractivity contribution in [2.24, 2.45) is 7.05 Å². The zero-order valence-electron chi connectivity index (χ0n) is 14.6. The van der Waals surface area contributed by atoms with Crippen LogP contribution in [0.2, 0.25) is 0 Å². The monoisotopic (exact) mass is 330 g/mol. The van der Waals surface area contributed by atoms with Gasteiger partial charge in [-0.3, -0.25) is 4.68 Å². The van der Waals surface area contributed by atoms with E-state index < -0.39 is 11.9 Å². The van der Waals surface area contributed by atoms with Gasteiger partial charge < -0.3 is 9.47 Å². The van der Waals surface area contributed by atoms with Gasteiger partial charge in [0.25, 0.3) is 0 Å². The van der Waals surface area contributed by atoms with Gasteiger partial charge in [-0.25, -0.2) is 9.59 Å². The van der Waals surface area contributed by atoms with Crippen molar-refractivity contribution in [1.82, 2.24) is 9.78 Å². The Morgan fingerprint density at radius 1 is 1.17 bits per heavy atom. The highest BCUT2D eigenvalue weighted by atomic mass is 16.5. The van der Waals surface area contributed by atoms with E-state index in [1.54, 1.807) is 37.4 Å². The van der Waals surface area contributed by atoms with Crippen molar-refractivity contribution in [3.8, 4) is 0 Å². The number of benzene rings is 1. The molecular weight excluding hydrogens is 308 g/mol. The third-order valence-corrected chi connectivity index (χ3v) is 3.58. The van der Waals surface area contributed by atoms with Gasteiger partial charge in [0, 0.05) is 12.5 Å². The third kappa shape index (κ3) is 4.01. The number of esters is 2. The van der Waals surface area contributed by atoms with Crippen molar-refractivity contribution in [2.45, 2.75) is 32.8 Å². The Hall–Kier alpha value is -2.63. The van der Waals surface area contributed by atoms with E-state index in [0.717, 1.165) is 5.69 Å². The maximum absolute atomic E-state index is 12.3. The largest absolute Gasteiger partial charge is 0.465 e. The van der Waals surface area contributed by atoms with Crippen molar-refractivity contribution < 1.29 is 19.1 Å². The van der Waals surface area contributed by atoms with E-state index in [0.29, 0.717) is 16.8 Å². The molecule has 6 heteroatoms. The van der Waals surface area contributed by atoms with Crippen LogP contribution in [0.3, 0.4) is 0 Å². The minimum absolute atomic E-state index is 0.0691. The molecule has 0 atom stereocenters. The fourth-order valence-electron chi connectivity index (χ4n) is 2.15. The highest BCUT2D eigenvalue weighted by molar-refractivity contribution is 5.89. The smallest absolute Gasteiger partial charge is 0.356 e. The number of carbonyl (C=O) groups is 2. The molecule has 1 aromatic heterocycles. The quantitative estimate of drug-likeness (QED) is 0.806. The number of carbonyl (C=O) groups excluding carboxylic acids is 2. The van der Waals surface area contributed by atoms with E-state index in [9.17, 15) is 9.59 Å². The van der Waals surface area contributed by atoms with Gasteiger partial charge in [-0.1, -0.05) is 32.9 Å². The number of hydrogen-bond acceptors (Lipinski definition) is 5. The van der Waals surface area contributed by atoms with Crippen molar-refractivity contribution in [2.75, 3.05) is 7.11 Å². The van der Waals surface area contributed by atoms with Gasteiger partial charge >= 0.3 is 11.9 Å². The lowest BCUT2D eigenvalue weighted by Crippen LogP contribution is -2.12. The average molecular weight is 330 g/mol. The molecule has 0 aliphatic rings. The Morgan fingerprint density at radius 2 is 1.88 bits per heavy atom. The van der Waals surface area contributed by atoms with Crippen LogP contribution in [0.1, 0.15) is 52.9 Å². The molecule has 0 saturated carbocycles. The normalized spacial score (nSPS) is 11.2. The van der Waals surface area contributed by atoms with Crippen molar-refractivity contribution in [1.29, 1.82) is 0 Å². The number of hydrogen-bond donors (Lipinski definition) is 0. The van der Waals surface area contributed by atoms with Crippen LogP contribution in [-0.4, -0.2) is 28.8 Å². The maximum Gasteiger partial charge on any atom is 0.356 e. The Labute approximate surface area is 141 Å². The molecule has 0 bridgehead atoms. The molecule has 0 unspecified atom stereocenters. The first-order chi connectivity index (χ1) is 11.2. The van der Waals surface area contributed by atoms with Gasteiger partial charge in [0.15, 0.2) is 0 Å². The highest BCUT2D eigenvalue weighted by Gasteiger charge is 2.22. The summed E-state index contributed by atoms with van der Waals surface area (Å²) in [6.07, 6.45) is 0. The molecule has 6 nitrogen and oxygen atoms in total. The van der Waals surface area contributed by atoms with E-state index in [4.69, 9.17) is 4.74 Å². The second-order valence-corrected chi connectivity index (χ2v) is 6.56. The van der Waals surface area contributed by atoms with Crippen LogP contribution < -0.4 is 0 Å². The SMILES string of the molecule is COC(=O)c1cccc(COC(=O)c2cc(C(C)(C)C)nn2C)c1. The number of methoxy groups -OCH3 is 1. The molecule has 2 aromatic rings. The fraction of sp³-hybridized carbons (Fsp3) is 0.389. The van der Waals surface area contributed by atoms with E-state index in [1.807, 2.05) is 20.8 Å². The zero-order chi connectivity index (χ0) is 17.9. The lowest BCUT2D eigenvalue weighted by Gasteiger charge is -2.13. The molecule has 0 spiro atoms. The van der Waals surface area contributed by atoms with Crippen LogP contribution in [0.4, 0.5) is 0 Å². The summed E-state index contributed by atoms with van der Waals surface area (Å²) in [6.45, 7) is 6.16. The number of aromatic nitrogens is 2. The molecule has 1 heterocycles.